The zero-order chi connectivity index (χ0) is 16.8. The number of carbonyl (C=O) groups is 2. The average Bonchev–Trinajstić information content (AvgIpc) is 2.75. The van der Waals surface area contributed by atoms with Crippen LogP contribution in [0, 0.1) is 0 Å². The van der Waals surface area contributed by atoms with Gasteiger partial charge in [-0.2, -0.15) is 0 Å². The second-order valence-corrected chi connectivity index (χ2v) is 5.71. The average molecular weight is 320 g/mol. The summed E-state index contributed by atoms with van der Waals surface area (Å²) in [7, 11) is 1.63. The van der Waals surface area contributed by atoms with Crippen molar-refractivity contribution in [2.75, 3.05) is 39.3 Å². The van der Waals surface area contributed by atoms with Crippen molar-refractivity contribution in [2.45, 2.75) is 13.3 Å². The van der Waals surface area contributed by atoms with Crippen LogP contribution in [-0.2, 0) is 11.8 Å². The maximum atomic E-state index is 12.6. The predicted octanol–water partition coefficient (Wildman–Crippen LogP) is -0.331. The lowest BCUT2D eigenvalue weighted by atomic mass is 10.2. The lowest BCUT2D eigenvalue weighted by Crippen LogP contribution is -2.41. The van der Waals surface area contributed by atoms with Crippen LogP contribution in [0.3, 0.4) is 0 Å². The molecule has 0 saturated carbocycles. The molecule has 0 radical (unpaired) electrons. The standard InChI is InChI=1S/C16H24N4O3/c1-3-17-14(21)12-19-8-5-9-20(11-10-19)16(23)13-6-4-7-18(2)15(13)22/h4,6-7H,3,5,8-12H2,1-2H3,(H,17,21). The Morgan fingerprint density at radius 1 is 1.22 bits per heavy atom. The highest BCUT2D eigenvalue weighted by atomic mass is 16.2. The van der Waals surface area contributed by atoms with E-state index in [4.69, 9.17) is 0 Å². The van der Waals surface area contributed by atoms with E-state index < -0.39 is 0 Å². The van der Waals surface area contributed by atoms with Crippen LogP contribution in [0.5, 0.6) is 0 Å². The maximum absolute atomic E-state index is 12.6. The van der Waals surface area contributed by atoms with E-state index in [1.165, 1.54) is 4.57 Å². The Bertz CT molecular complexity index is 626. The molecule has 1 fully saturated rings. The van der Waals surface area contributed by atoms with E-state index in [9.17, 15) is 14.4 Å². The molecule has 2 amide bonds. The van der Waals surface area contributed by atoms with Crippen molar-refractivity contribution in [2.24, 2.45) is 7.05 Å². The summed E-state index contributed by atoms with van der Waals surface area (Å²) in [6, 6.07) is 3.27. The van der Waals surface area contributed by atoms with Gasteiger partial charge in [-0.3, -0.25) is 19.3 Å². The number of nitrogens with zero attached hydrogens (tertiary/aromatic N) is 3. The van der Waals surface area contributed by atoms with Crippen molar-refractivity contribution in [1.29, 1.82) is 0 Å². The molecule has 7 nitrogen and oxygen atoms in total. The molecule has 2 heterocycles. The number of rotatable bonds is 4. The molecule has 0 aliphatic carbocycles. The molecule has 1 saturated heterocycles. The quantitative estimate of drug-likeness (QED) is 0.824. The van der Waals surface area contributed by atoms with Crippen molar-refractivity contribution in [3.63, 3.8) is 0 Å². The normalized spacial score (nSPS) is 16.0. The van der Waals surface area contributed by atoms with E-state index in [0.717, 1.165) is 13.0 Å². The van der Waals surface area contributed by atoms with Crippen LogP contribution < -0.4 is 10.9 Å². The SMILES string of the molecule is CCNC(=O)CN1CCCN(C(=O)c2cccn(C)c2=O)CC1. The van der Waals surface area contributed by atoms with Crippen LogP contribution >= 0.6 is 0 Å². The molecule has 0 unspecified atom stereocenters. The van der Waals surface area contributed by atoms with Crippen molar-refractivity contribution in [3.05, 3.63) is 34.2 Å². The molecule has 23 heavy (non-hydrogen) atoms. The summed E-state index contributed by atoms with van der Waals surface area (Å²) >= 11 is 0. The maximum Gasteiger partial charge on any atom is 0.263 e. The molecule has 0 aromatic carbocycles. The van der Waals surface area contributed by atoms with Gasteiger partial charge in [-0.25, -0.2) is 0 Å². The first-order chi connectivity index (χ1) is 11.0. The van der Waals surface area contributed by atoms with E-state index >= 15 is 0 Å². The van der Waals surface area contributed by atoms with Crippen LogP contribution in [0.2, 0.25) is 0 Å². The molecule has 0 atom stereocenters. The first-order valence-corrected chi connectivity index (χ1v) is 7.97. The molecule has 1 aromatic heterocycles. The lowest BCUT2D eigenvalue weighted by Gasteiger charge is -2.21. The summed E-state index contributed by atoms with van der Waals surface area (Å²) in [5, 5.41) is 2.78. The van der Waals surface area contributed by atoms with Crippen LogP contribution in [0.1, 0.15) is 23.7 Å². The second-order valence-electron chi connectivity index (χ2n) is 5.71. The van der Waals surface area contributed by atoms with Crippen molar-refractivity contribution in [1.82, 2.24) is 19.7 Å². The molecular weight excluding hydrogens is 296 g/mol. The molecular formula is C16H24N4O3. The van der Waals surface area contributed by atoms with Gasteiger partial charge in [0.1, 0.15) is 5.56 Å². The van der Waals surface area contributed by atoms with E-state index in [0.29, 0.717) is 32.7 Å². The van der Waals surface area contributed by atoms with Crippen molar-refractivity contribution in [3.8, 4) is 0 Å². The smallest absolute Gasteiger partial charge is 0.263 e. The van der Waals surface area contributed by atoms with Gasteiger partial charge in [0.25, 0.3) is 11.5 Å². The predicted molar refractivity (Wildman–Crippen MR) is 87.3 cm³/mol. The molecule has 2 rings (SSSR count). The summed E-state index contributed by atoms with van der Waals surface area (Å²) in [4.78, 5) is 40.1. The van der Waals surface area contributed by atoms with E-state index in [1.807, 2.05) is 11.8 Å². The zero-order valence-electron chi connectivity index (χ0n) is 13.7. The summed E-state index contributed by atoms with van der Waals surface area (Å²) in [5.74, 6) is -0.227. The Kier molecular flexibility index (Phi) is 5.92. The van der Waals surface area contributed by atoms with Gasteiger partial charge in [-0.15, -0.1) is 0 Å². The van der Waals surface area contributed by atoms with Gasteiger partial charge in [0, 0.05) is 46.0 Å². The number of hydrogen-bond donors (Lipinski definition) is 1. The first-order valence-electron chi connectivity index (χ1n) is 7.97. The fourth-order valence-corrected chi connectivity index (χ4v) is 2.72. The van der Waals surface area contributed by atoms with E-state index in [2.05, 4.69) is 5.32 Å². The molecule has 0 bridgehead atoms. The molecule has 1 aliphatic rings. The summed E-state index contributed by atoms with van der Waals surface area (Å²) in [5.41, 5.74) is -0.0758. The fraction of sp³-hybridized carbons (Fsp3) is 0.562. The van der Waals surface area contributed by atoms with Gasteiger partial charge >= 0.3 is 0 Å². The number of aryl methyl sites for hydroxylation is 1. The topological polar surface area (TPSA) is 74.7 Å². The van der Waals surface area contributed by atoms with Crippen LogP contribution in [0.4, 0.5) is 0 Å². The third kappa shape index (κ3) is 4.41. The number of nitrogens with one attached hydrogen (secondary N) is 1. The number of likely N-dealkylation sites (N-methyl/N-ethyl adjacent to an activating group) is 1. The molecule has 1 aromatic rings. The summed E-state index contributed by atoms with van der Waals surface area (Å²) in [6.45, 7) is 5.39. The van der Waals surface area contributed by atoms with Gasteiger partial charge < -0.3 is 14.8 Å². The summed E-state index contributed by atoms with van der Waals surface area (Å²) < 4.78 is 1.41. The lowest BCUT2D eigenvalue weighted by molar-refractivity contribution is -0.122. The van der Waals surface area contributed by atoms with Gasteiger partial charge in [0.15, 0.2) is 0 Å². The Morgan fingerprint density at radius 2 is 2.00 bits per heavy atom. The molecule has 126 valence electrons. The van der Waals surface area contributed by atoms with E-state index in [-0.39, 0.29) is 22.9 Å². The fourth-order valence-electron chi connectivity index (χ4n) is 2.72. The highest BCUT2D eigenvalue weighted by molar-refractivity contribution is 5.93. The Balaban J connectivity index is 2.00. The Labute approximate surface area is 135 Å². The van der Waals surface area contributed by atoms with Gasteiger partial charge in [-0.1, -0.05) is 0 Å². The minimum atomic E-state index is -0.277. The number of hydrogen-bond acceptors (Lipinski definition) is 4. The monoisotopic (exact) mass is 320 g/mol. The largest absolute Gasteiger partial charge is 0.355 e. The molecule has 1 aliphatic heterocycles. The van der Waals surface area contributed by atoms with Gasteiger partial charge in [0.2, 0.25) is 5.91 Å². The highest BCUT2D eigenvalue weighted by Crippen LogP contribution is 2.07. The molecule has 1 N–H and O–H groups in total. The summed E-state index contributed by atoms with van der Waals surface area (Å²) in [6.07, 6.45) is 2.42. The number of aromatic nitrogens is 1. The minimum Gasteiger partial charge on any atom is -0.355 e. The second kappa shape index (κ2) is 7.92. The van der Waals surface area contributed by atoms with Gasteiger partial charge in [0.05, 0.1) is 6.54 Å². The number of carbonyl (C=O) groups excluding carboxylic acids is 2. The van der Waals surface area contributed by atoms with Crippen LogP contribution in [0.15, 0.2) is 23.1 Å². The third-order valence-corrected chi connectivity index (χ3v) is 3.97. The minimum absolute atomic E-state index is 0.00389. The third-order valence-electron chi connectivity index (χ3n) is 3.97. The molecule has 0 spiro atoms. The number of pyridine rings is 1. The number of amides is 2. The Hall–Kier alpha value is -2.15. The van der Waals surface area contributed by atoms with Crippen LogP contribution in [0.25, 0.3) is 0 Å². The Morgan fingerprint density at radius 3 is 2.74 bits per heavy atom. The van der Waals surface area contributed by atoms with Gasteiger partial charge in [-0.05, 0) is 25.5 Å². The van der Waals surface area contributed by atoms with E-state index in [1.54, 1.807) is 30.3 Å². The van der Waals surface area contributed by atoms with Crippen molar-refractivity contribution >= 4 is 11.8 Å². The van der Waals surface area contributed by atoms with Crippen LogP contribution in [-0.4, -0.2) is 65.4 Å². The zero-order valence-corrected chi connectivity index (χ0v) is 13.7. The molecule has 7 heteroatoms. The highest BCUT2D eigenvalue weighted by Gasteiger charge is 2.23. The first kappa shape index (κ1) is 17.2. The van der Waals surface area contributed by atoms with Crippen molar-refractivity contribution < 1.29 is 9.59 Å².